The van der Waals surface area contributed by atoms with Gasteiger partial charge in [-0.2, -0.15) is 0 Å². The highest BCUT2D eigenvalue weighted by atomic mass is 16.1. The van der Waals surface area contributed by atoms with Gasteiger partial charge >= 0.3 is 0 Å². The largest absolute Gasteiger partial charge is 0.340 e. The van der Waals surface area contributed by atoms with Crippen molar-refractivity contribution in [1.82, 2.24) is 4.57 Å². The topological polar surface area (TPSA) is 22.0 Å². The normalized spacial score (nSPS) is 10.9. The molecule has 0 spiro atoms. The first-order valence-electron chi connectivity index (χ1n) is 6.79. The van der Waals surface area contributed by atoms with E-state index in [1.807, 2.05) is 24.3 Å². The summed E-state index contributed by atoms with van der Waals surface area (Å²) in [6.07, 6.45) is 0.879. The number of para-hydroxylation sites is 1. The van der Waals surface area contributed by atoms with Crippen molar-refractivity contribution in [3.05, 3.63) is 70.9 Å². The summed E-state index contributed by atoms with van der Waals surface area (Å²) in [5.41, 5.74) is 5.83. The number of hydrogen-bond acceptors (Lipinski definition) is 1. The van der Waals surface area contributed by atoms with Gasteiger partial charge in [0.2, 0.25) is 0 Å². The smallest absolute Gasteiger partial charge is 0.150 e. The Morgan fingerprint density at radius 2 is 1.70 bits per heavy atom. The molecule has 0 saturated heterocycles. The zero-order chi connectivity index (χ0) is 14.1. The predicted octanol–water partition coefficient (Wildman–Crippen LogP) is 4.12. The van der Waals surface area contributed by atoms with E-state index < -0.39 is 0 Å². The number of carbonyl (C=O) groups is 1. The predicted molar refractivity (Wildman–Crippen MR) is 82.3 cm³/mol. The van der Waals surface area contributed by atoms with Crippen LogP contribution < -0.4 is 0 Å². The molecule has 0 bridgehead atoms. The van der Waals surface area contributed by atoms with Gasteiger partial charge in [0, 0.05) is 28.7 Å². The Balaban J connectivity index is 2.05. The van der Waals surface area contributed by atoms with Gasteiger partial charge in [-0.05, 0) is 31.0 Å². The molecule has 2 heteroatoms. The second-order valence-electron chi connectivity index (χ2n) is 5.17. The lowest BCUT2D eigenvalue weighted by atomic mass is 10.1. The molecule has 0 aliphatic rings. The zero-order valence-corrected chi connectivity index (χ0v) is 11.8. The molecular weight excluding hydrogens is 246 g/mol. The highest BCUT2D eigenvalue weighted by Crippen LogP contribution is 2.25. The number of hydrogen-bond donors (Lipinski definition) is 0. The van der Waals surface area contributed by atoms with Crippen LogP contribution in [0, 0.1) is 13.8 Å². The summed E-state index contributed by atoms with van der Waals surface area (Å²) in [5, 5.41) is 1.31. The van der Waals surface area contributed by atoms with Gasteiger partial charge in [0.05, 0.1) is 0 Å². The molecule has 3 aromatic rings. The maximum absolute atomic E-state index is 10.7. The van der Waals surface area contributed by atoms with E-state index in [0.717, 1.165) is 18.4 Å². The van der Waals surface area contributed by atoms with Crippen LogP contribution in [0.25, 0.3) is 10.9 Å². The summed E-state index contributed by atoms with van der Waals surface area (Å²) in [4.78, 5) is 10.7. The van der Waals surface area contributed by atoms with E-state index in [-0.39, 0.29) is 0 Å². The van der Waals surface area contributed by atoms with Crippen molar-refractivity contribution < 1.29 is 4.79 Å². The molecule has 0 unspecified atom stereocenters. The van der Waals surface area contributed by atoms with Gasteiger partial charge in [0.15, 0.2) is 0 Å². The number of rotatable bonds is 3. The molecule has 20 heavy (non-hydrogen) atoms. The van der Waals surface area contributed by atoms with E-state index >= 15 is 0 Å². The second-order valence-corrected chi connectivity index (χ2v) is 5.17. The maximum Gasteiger partial charge on any atom is 0.150 e. The average molecular weight is 263 g/mol. The third-order valence-corrected chi connectivity index (χ3v) is 4.00. The lowest BCUT2D eigenvalue weighted by molar-refractivity contribution is 0.112. The fraction of sp³-hybridized carbons (Fsp3) is 0.167. The second kappa shape index (κ2) is 4.97. The van der Waals surface area contributed by atoms with Crippen LogP contribution in [0.1, 0.15) is 27.2 Å². The Morgan fingerprint density at radius 1 is 1.00 bits per heavy atom. The van der Waals surface area contributed by atoms with Crippen molar-refractivity contribution >= 4 is 17.2 Å². The molecule has 2 nitrogen and oxygen atoms in total. The number of aromatic nitrogens is 1. The third kappa shape index (κ3) is 2.03. The van der Waals surface area contributed by atoms with Gasteiger partial charge < -0.3 is 4.57 Å². The molecule has 0 aliphatic heterocycles. The molecule has 0 saturated carbocycles. The van der Waals surface area contributed by atoms with E-state index in [9.17, 15) is 4.79 Å². The van der Waals surface area contributed by atoms with Crippen molar-refractivity contribution in [2.75, 3.05) is 0 Å². The number of aldehydes is 1. The van der Waals surface area contributed by atoms with Crippen molar-refractivity contribution in [3.8, 4) is 0 Å². The molecule has 1 aromatic heterocycles. The quantitative estimate of drug-likeness (QED) is 0.651. The zero-order valence-electron chi connectivity index (χ0n) is 11.8. The highest BCUT2D eigenvalue weighted by Gasteiger charge is 2.10. The van der Waals surface area contributed by atoms with Crippen LogP contribution in [0.5, 0.6) is 0 Å². The lowest BCUT2D eigenvalue weighted by Gasteiger charge is -2.09. The minimum absolute atomic E-state index is 0.721. The molecular formula is C18H17NO. The summed E-state index contributed by atoms with van der Waals surface area (Å²) in [7, 11) is 0. The van der Waals surface area contributed by atoms with Crippen molar-refractivity contribution in [2.45, 2.75) is 20.4 Å². The van der Waals surface area contributed by atoms with Crippen LogP contribution in [0.4, 0.5) is 0 Å². The van der Waals surface area contributed by atoms with E-state index in [1.54, 1.807) is 0 Å². The number of carbonyl (C=O) groups excluding carboxylic acids is 1. The molecule has 0 amide bonds. The molecule has 0 atom stereocenters. The number of nitrogens with zero attached hydrogens (tertiary/aromatic N) is 1. The van der Waals surface area contributed by atoms with Crippen molar-refractivity contribution in [2.24, 2.45) is 0 Å². The molecule has 100 valence electrons. The number of benzene rings is 2. The highest BCUT2D eigenvalue weighted by molar-refractivity contribution is 5.85. The minimum Gasteiger partial charge on any atom is -0.340 e. The Labute approximate surface area is 118 Å². The number of aryl methyl sites for hydroxylation is 1. The monoisotopic (exact) mass is 263 g/mol. The van der Waals surface area contributed by atoms with Crippen LogP contribution in [0.2, 0.25) is 0 Å². The standard InChI is InChI=1S/C18H17NO/c1-13-14(2)19(18-6-4-3-5-17(13)18)11-15-7-9-16(12-20)10-8-15/h3-10,12H,11H2,1-2H3. The Bertz CT molecular complexity index is 766. The maximum atomic E-state index is 10.7. The summed E-state index contributed by atoms with van der Waals surface area (Å²) in [6, 6.07) is 16.3. The lowest BCUT2D eigenvalue weighted by Crippen LogP contribution is -2.02. The van der Waals surface area contributed by atoms with E-state index in [0.29, 0.717) is 0 Å². The first kappa shape index (κ1) is 12.7. The van der Waals surface area contributed by atoms with E-state index in [4.69, 9.17) is 0 Å². The van der Waals surface area contributed by atoms with Crippen LogP contribution in [0.15, 0.2) is 48.5 Å². The first-order valence-corrected chi connectivity index (χ1v) is 6.79. The van der Waals surface area contributed by atoms with Gasteiger partial charge in [-0.15, -0.1) is 0 Å². The minimum atomic E-state index is 0.721. The van der Waals surface area contributed by atoms with Crippen LogP contribution in [-0.4, -0.2) is 10.9 Å². The summed E-state index contributed by atoms with van der Waals surface area (Å²) >= 11 is 0. The molecule has 1 heterocycles. The molecule has 0 aliphatic carbocycles. The molecule has 0 fully saturated rings. The molecule has 0 radical (unpaired) electrons. The van der Waals surface area contributed by atoms with Crippen LogP contribution >= 0.6 is 0 Å². The fourth-order valence-electron chi connectivity index (χ4n) is 2.69. The summed E-state index contributed by atoms with van der Waals surface area (Å²) in [6.45, 7) is 5.16. The van der Waals surface area contributed by atoms with Crippen molar-refractivity contribution in [3.63, 3.8) is 0 Å². The van der Waals surface area contributed by atoms with Crippen LogP contribution in [-0.2, 0) is 6.54 Å². The Kier molecular flexibility index (Phi) is 3.15. The Hall–Kier alpha value is -2.35. The summed E-state index contributed by atoms with van der Waals surface area (Å²) < 4.78 is 2.33. The van der Waals surface area contributed by atoms with Gasteiger partial charge in [-0.25, -0.2) is 0 Å². The van der Waals surface area contributed by atoms with E-state index in [1.165, 1.54) is 27.7 Å². The van der Waals surface area contributed by atoms with Crippen molar-refractivity contribution in [1.29, 1.82) is 0 Å². The van der Waals surface area contributed by atoms with Gasteiger partial charge in [0.25, 0.3) is 0 Å². The average Bonchev–Trinajstić information content (AvgIpc) is 2.74. The van der Waals surface area contributed by atoms with E-state index in [2.05, 4.69) is 42.7 Å². The Morgan fingerprint density at radius 3 is 2.40 bits per heavy atom. The van der Waals surface area contributed by atoms with Crippen LogP contribution in [0.3, 0.4) is 0 Å². The number of fused-ring (bicyclic) bond motifs is 1. The molecule has 3 rings (SSSR count). The fourth-order valence-corrected chi connectivity index (χ4v) is 2.69. The van der Waals surface area contributed by atoms with Gasteiger partial charge in [-0.1, -0.05) is 42.5 Å². The first-order chi connectivity index (χ1) is 9.70. The molecule has 0 N–H and O–H groups in total. The van der Waals surface area contributed by atoms with Gasteiger partial charge in [0.1, 0.15) is 6.29 Å². The molecule has 2 aromatic carbocycles. The summed E-state index contributed by atoms with van der Waals surface area (Å²) in [5.74, 6) is 0. The third-order valence-electron chi connectivity index (χ3n) is 4.00. The SMILES string of the molecule is Cc1c(C)n(Cc2ccc(C=O)cc2)c2ccccc12. The van der Waals surface area contributed by atoms with Gasteiger partial charge in [-0.3, -0.25) is 4.79 Å².